The van der Waals surface area contributed by atoms with Gasteiger partial charge in [0.05, 0.1) is 0 Å². The molecule has 0 aliphatic carbocycles. The molecule has 0 radical (unpaired) electrons. The predicted octanol–water partition coefficient (Wildman–Crippen LogP) is 0.578. The molecule has 0 aromatic heterocycles. The van der Waals surface area contributed by atoms with E-state index in [1.807, 2.05) is 52.1 Å². The third-order valence-electron chi connectivity index (χ3n) is 0. The van der Waals surface area contributed by atoms with Crippen LogP contribution in [0.1, 0.15) is 0 Å². The Morgan fingerprint density at radius 2 is 0.833 bits per heavy atom. The molecule has 0 aliphatic rings. The third kappa shape index (κ3) is 940. The molecule has 5 nitrogen and oxygen atoms in total. The first-order valence-corrected chi connectivity index (χ1v) is 3.33. The summed E-state index contributed by atoms with van der Waals surface area (Å²) in [5.74, 6) is 0. The predicted molar refractivity (Wildman–Crippen MR) is 49.9 cm³/mol. The summed E-state index contributed by atoms with van der Waals surface area (Å²) >= 11 is 0. The van der Waals surface area contributed by atoms with E-state index in [4.69, 9.17) is 15.0 Å². The van der Waals surface area contributed by atoms with Crippen LogP contribution in [0.3, 0.4) is 0 Å². The monoisotopic (exact) mass is 180 g/mol. The van der Waals surface area contributed by atoms with Gasteiger partial charge in [0.1, 0.15) is 0 Å². The fourth-order valence-electron chi connectivity index (χ4n) is 0. The molecule has 0 heterocycles. The van der Waals surface area contributed by atoms with Crippen molar-refractivity contribution in [3.8, 4) is 0 Å². The van der Waals surface area contributed by atoms with E-state index in [-0.39, 0.29) is 0 Å². The van der Waals surface area contributed by atoms with Crippen molar-refractivity contribution in [1.82, 2.24) is 9.80 Å². The summed E-state index contributed by atoms with van der Waals surface area (Å²) in [6, 6.07) is 0. The second-order valence-corrected chi connectivity index (χ2v) is 2.97. The maximum atomic E-state index is 8.56. The first kappa shape index (κ1) is 17.3. The van der Waals surface area contributed by atoms with Crippen molar-refractivity contribution in [3.05, 3.63) is 0 Å². The van der Waals surface area contributed by atoms with E-state index < -0.39 is 6.16 Å². The molecule has 0 bridgehead atoms. The van der Waals surface area contributed by atoms with Crippen molar-refractivity contribution in [1.29, 1.82) is 0 Å². The van der Waals surface area contributed by atoms with Crippen molar-refractivity contribution in [2.24, 2.45) is 0 Å². The number of hydrogen-bond donors (Lipinski definition) is 2. The van der Waals surface area contributed by atoms with E-state index in [1.54, 1.807) is 0 Å². The van der Waals surface area contributed by atoms with Gasteiger partial charge < -0.3 is 20.0 Å². The molecule has 5 heteroatoms. The molecule has 12 heavy (non-hydrogen) atoms. The quantitative estimate of drug-likeness (QED) is 0.571. The van der Waals surface area contributed by atoms with Gasteiger partial charge in [-0.15, -0.1) is 0 Å². The minimum atomic E-state index is -1.83. The van der Waals surface area contributed by atoms with Crippen LogP contribution >= 0.6 is 0 Å². The van der Waals surface area contributed by atoms with Crippen molar-refractivity contribution < 1.29 is 15.0 Å². The fraction of sp³-hybridized carbons (Fsp3) is 0.857. The molecule has 76 valence electrons. The highest BCUT2D eigenvalue weighted by Gasteiger charge is 1.70. The number of carbonyl (C=O) groups is 1. The van der Waals surface area contributed by atoms with E-state index >= 15 is 0 Å². The van der Waals surface area contributed by atoms with Crippen LogP contribution in [-0.4, -0.2) is 68.5 Å². The Balaban J connectivity index is -0.000000101. The van der Waals surface area contributed by atoms with Crippen molar-refractivity contribution in [2.75, 3.05) is 42.3 Å². The minimum Gasteiger partial charge on any atom is -0.450 e. The lowest BCUT2D eigenvalue weighted by Gasteiger charge is -1.90. The molecule has 0 saturated heterocycles. The van der Waals surface area contributed by atoms with Crippen LogP contribution < -0.4 is 0 Å². The van der Waals surface area contributed by atoms with Gasteiger partial charge in [-0.1, -0.05) is 0 Å². The van der Waals surface area contributed by atoms with E-state index in [1.165, 1.54) is 0 Å². The topological polar surface area (TPSA) is 64.0 Å². The first-order chi connectivity index (χ1) is 5.20. The Morgan fingerprint density at radius 1 is 0.833 bits per heavy atom. The molecule has 0 aromatic carbocycles. The van der Waals surface area contributed by atoms with Gasteiger partial charge >= 0.3 is 6.16 Å². The number of nitrogens with zero attached hydrogens (tertiary/aromatic N) is 2. The third-order valence-corrected chi connectivity index (χ3v) is 0. The highest BCUT2D eigenvalue weighted by molar-refractivity contribution is 5.53. The molecule has 0 aromatic rings. The Bertz CT molecular complexity index is 79.1. The number of hydrogen-bond acceptors (Lipinski definition) is 3. The summed E-state index contributed by atoms with van der Waals surface area (Å²) in [7, 11) is 12.0. The average Bonchev–Trinajstić information content (AvgIpc) is 1.54. The molecule has 0 fully saturated rings. The van der Waals surface area contributed by atoms with E-state index in [2.05, 4.69) is 0 Å². The standard InChI is InChI=1S/2C3H9N.CH2O3/c2*1-4(2)3;2-1(3)4/h2*1-3H3;(H2,2,3,4). The molecule has 0 amide bonds. The second-order valence-electron chi connectivity index (χ2n) is 2.97. The normalized spacial score (nSPS) is 8.00. The SMILES string of the molecule is CN(C)C.CN(C)C.O=C(O)O. The maximum Gasteiger partial charge on any atom is 0.503 e. The zero-order valence-corrected chi connectivity index (χ0v) is 8.70. The molecule has 0 spiro atoms. The zero-order valence-electron chi connectivity index (χ0n) is 8.70. The lowest BCUT2D eigenvalue weighted by atomic mass is 11.0. The smallest absolute Gasteiger partial charge is 0.450 e. The lowest BCUT2D eigenvalue weighted by Crippen LogP contribution is -1.99. The first-order valence-electron chi connectivity index (χ1n) is 3.33. The molecule has 0 atom stereocenters. The van der Waals surface area contributed by atoms with Crippen molar-refractivity contribution in [2.45, 2.75) is 0 Å². The summed E-state index contributed by atoms with van der Waals surface area (Å²) in [6.45, 7) is 0. The molecule has 0 saturated carbocycles. The Kier molecular flexibility index (Phi) is 18.5. The van der Waals surface area contributed by atoms with E-state index in [9.17, 15) is 0 Å². The fourth-order valence-corrected chi connectivity index (χ4v) is 0. The summed E-state index contributed by atoms with van der Waals surface area (Å²) in [6.07, 6.45) is -1.83. The molecule has 2 N–H and O–H groups in total. The zero-order chi connectivity index (χ0) is 10.7. The van der Waals surface area contributed by atoms with Gasteiger partial charge in [0.2, 0.25) is 0 Å². The van der Waals surface area contributed by atoms with Crippen LogP contribution in [0.4, 0.5) is 4.79 Å². The van der Waals surface area contributed by atoms with Gasteiger partial charge in [-0.3, -0.25) is 0 Å². The van der Waals surface area contributed by atoms with Gasteiger partial charge in [0, 0.05) is 0 Å². The largest absolute Gasteiger partial charge is 0.503 e. The van der Waals surface area contributed by atoms with E-state index in [0.29, 0.717) is 0 Å². The summed E-state index contributed by atoms with van der Waals surface area (Å²) in [5, 5.41) is 13.9. The van der Waals surface area contributed by atoms with Crippen LogP contribution in [-0.2, 0) is 0 Å². The van der Waals surface area contributed by atoms with Crippen LogP contribution in [0.2, 0.25) is 0 Å². The van der Waals surface area contributed by atoms with Gasteiger partial charge in [-0.2, -0.15) is 0 Å². The van der Waals surface area contributed by atoms with Crippen LogP contribution in [0.25, 0.3) is 0 Å². The minimum absolute atomic E-state index is 1.83. The van der Waals surface area contributed by atoms with E-state index in [0.717, 1.165) is 0 Å². The lowest BCUT2D eigenvalue weighted by molar-refractivity contribution is 0.137. The molecular weight excluding hydrogens is 160 g/mol. The summed E-state index contributed by atoms with van der Waals surface area (Å²) in [5.41, 5.74) is 0. The van der Waals surface area contributed by atoms with Gasteiger partial charge in [-0.25, -0.2) is 4.79 Å². The molecular formula is C7H20N2O3. The highest BCUT2D eigenvalue weighted by Crippen LogP contribution is 1.48. The Hall–Kier alpha value is -0.810. The Labute approximate surface area is 74.2 Å². The van der Waals surface area contributed by atoms with Crippen LogP contribution in [0.5, 0.6) is 0 Å². The maximum absolute atomic E-state index is 8.56. The average molecular weight is 180 g/mol. The second kappa shape index (κ2) is 12.8. The van der Waals surface area contributed by atoms with Crippen molar-refractivity contribution in [3.63, 3.8) is 0 Å². The molecule has 0 rings (SSSR count). The van der Waals surface area contributed by atoms with Gasteiger partial charge in [0.25, 0.3) is 0 Å². The number of carboxylic acid groups (broad SMARTS) is 2. The van der Waals surface area contributed by atoms with Crippen LogP contribution in [0.15, 0.2) is 0 Å². The molecule has 0 unspecified atom stereocenters. The summed E-state index contributed by atoms with van der Waals surface area (Å²) < 4.78 is 0. The molecule has 0 aliphatic heterocycles. The summed E-state index contributed by atoms with van der Waals surface area (Å²) in [4.78, 5) is 12.6. The highest BCUT2D eigenvalue weighted by atomic mass is 16.6. The number of rotatable bonds is 0. The van der Waals surface area contributed by atoms with Crippen LogP contribution in [0, 0.1) is 0 Å². The van der Waals surface area contributed by atoms with Gasteiger partial charge in [0.15, 0.2) is 0 Å². The van der Waals surface area contributed by atoms with Gasteiger partial charge in [-0.05, 0) is 42.3 Å². The Morgan fingerprint density at radius 3 is 0.833 bits per heavy atom. The van der Waals surface area contributed by atoms with Crippen molar-refractivity contribution >= 4 is 6.16 Å².